The molecule has 0 radical (unpaired) electrons. The molecule has 0 aliphatic carbocycles. The van der Waals surface area contributed by atoms with Crippen molar-refractivity contribution >= 4 is 28.2 Å². The van der Waals surface area contributed by atoms with Crippen molar-refractivity contribution in [3.63, 3.8) is 0 Å². The van der Waals surface area contributed by atoms with Crippen LogP contribution in [0.1, 0.15) is 26.6 Å². The SMILES string of the molecule is Cc1sc2nc(NC(=O)c3cnn(-c4ccccn4)c3C)nn2c1C. The third-order valence-corrected chi connectivity index (χ3v) is 5.04. The fourth-order valence-electron chi connectivity index (χ4n) is 2.51. The minimum Gasteiger partial charge on any atom is -0.289 e. The number of amides is 1. The molecular weight excluding hydrogens is 338 g/mol. The highest BCUT2D eigenvalue weighted by Crippen LogP contribution is 2.21. The van der Waals surface area contributed by atoms with Crippen LogP contribution >= 0.6 is 11.3 Å². The Bertz CT molecular complexity index is 1080. The maximum atomic E-state index is 12.6. The van der Waals surface area contributed by atoms with Gasteiger partial charge < -0.3 is 0 Å². The summed E-state index contributed by atoms with van der Waals surface area (Å²) in [5, 5.41) is 11.3. The maximum absolute atomic E-state index is 12.6. The highest BCUT2D eigenvalue weighted by atomic mass is 32.1. The van der Waals surface area contributed by atoms with E-state index in [9.17, 15) is 4.79 Å². The second-order valence-electron chi connectivity index (χ2n) is 5.57. The largest absolute Gasteiger partial charge is 0.289 e. The molecule has 126 valence electrons. The summed E-state index contributed by atoms with van der Waals surface area (Å²) in [5.74, 6) is 0.641. The van der Waals surface area contributed by atoms with Crippen LogP contribution in [0.4, 0.5) is 5.95 Å². The minimum absolute atomic E-state index is 0.282. The Kier molecular flexibility index (Phi) is 3.57. The maximum Gasteiger partial charge on any atom is 0.261 e. The van der Waals surface area contributed by atoms with Crippen LogP contribution in [-0.4, -0.2) is 35.3 Å². The molecule has 0 saturated heterocycles. The number of fused-ring (bicyclic) bond motifs is 1. The Labute approximate surface area is 147 Å². The van der Waals surface area contributed by atoms with Crippen molar-refractivity contribution in [2.45, 2.75) is 20.8 Å². The summed E-state index contributed by atoms with van der Waals surface area (Å²) in [6.45, 7) is 5.81. The number of nitrogens with zero attached hydrogens (tertiary/aromatic N) is 6. The van der Waals surface area contributed by atoms with Crippen LogP contribution < -0.4 is 5.32 Å². The number of hydrogen-bond acceptors (Lipinski definition) is 6. The molecular formula is C16H15N7OS. The highest BCUT2D eigenvalue weighted by molar-refractivity contribution is 7.17. The summed E-state index contributed by atoms with van der Waals surface area (Å²) in [5.41, 5.74) is 2.17. The summed E-state index contributed by atoms with van der Waals surface area (Å²) in [7, 11) is 0. The summed E-state index contributed by atoms with van der Waals surface area (Å²) in [6.07, 6.45) is 3.20. The van der Waals surface area contributed by atoms with Crippen LogP contribution in [-0.2, 0) is 0 Å². The number of aromatic nitrogens is 6. The van der Waals surface area contributed by atoms with Gasteiger partial charge in [-0.2, -0.15) is 10.1 Å². The molecule has 1 amide bonds. The van der Waals surface area contributed by atoms with Crippen molar-refractivity contribution in [1.29, 1.82) is 0 Å². The Morgan fingerprint density at radius 3 is 2.76 bits per heavy atom. The summed E-state index contributed by atoms with van der Waals surface area (Å²) in [6, 6.07) is 5.53. The molecule has 0 atom stereocenters. The van der Waals surface area contributed by atoms with Gasteiger partial charge in [0.05, 0.1) is 23.1 Å². The molecule has 25 heavy (non-hydrogen) atoms. The monoisotopic (exact) mass is 353 g/mol. The van der Waals surface area contributed by atoms with Gasteiger partial charge in [0.25, 0.3) is 11.9 Å². The Morgan fingerprint density at radius 1 is 1.20 bits per heavy atom. The average molecular weight is 353 g/mol. The number of carbonyl (C=O) groups excluding carboxylic acids is 1. The Hall–Kier alpha value is -3.07. The van der Waals surface area contributed by atoms with Gasteiger partial charge in [-0.05, 0) is 32.9 Å². The lowest BCUT2D eigenvalue weighted by Gasteiger charge is -2.04. The molecule has 0 unspecified atom stereocenters. The molecule has 8 nitrogen and oxygen atoms in total. The van der Waals surface area contributed by atoms with Crippen LogP contribution in [0, 0.1) is 20.8 Å². The number of aryl methyl sites for hydroxylation is 2. The molecule has 4 aromatic rings. The molecule has 0 bridgehead atoms. The normalized spacial score (nSPS) is 11.2. The number of rotatable bonds is 3. The third kappa shape index (κ3) is 2.58. The van der Waals surface area contributed by atoms with Gasteiger partial charge in [-0.25, -0.2) is 14.2 Å². The van der Waals surface area contributed by atoms with Gasteiger partial charge in [0, 0.05) is 11.1 Å². The van der Waals surface area contributed by atoms with Crippen molar-refractivity contribution in [3.05, 3.63) is 52.4 Å². The quantitative estimate of drug-likeness (QED) is 0.611. The highest BCUT2D eigenvalue weighted by Gasteiger charge is 2.18. The standard InChI is InChI=1S/C16H15N7OS/c1-9-11(3)25-16-20-15(21-23(9)16)19-14(24)12-8-18-22(10(12)2)13-6-4-5-7-17-13/h4-8H,1-3H3,(H,19,21,24). The van der Waals surface area contributed by atoms with E-state index in [0.717, 1.165) is 15.5 Å². The number of thiazole rings is 1. The summed E-state index contributed by atoms with van der Waals surface area (Å²) < 4.78 is 3.36. The van der Waals surface area contributed by atoms with Crippen LogP contribution in [0.25, 0.3) is 10.8 Å². The first-order valence-corrected chi connectivity index (χ1v) is 8.46. The number of carbonyl (C=O) groups is 1. The van der Waals surface area contributed by atoms with E-state index >= 15 is 0 Å². The molecule has 0 aliphatic heterocycles. The van der Waals surface area contributed by atoms with Crippen molar-refractivity contribution < 1.29 is 4.79 Å². The van der Waals surface area contributed by atoms with Crippen LogP contribution in [0.3, 0.4) is 0 Å². The van der Waals surface area contributed by atoms with Gasteiger partial charge in [0.1, 0.15) is 0 Å². The lowest BCUT2D eigenvalue weighted by atomic mass is 10.2. The van der Waals surface area contributed by atoms with Crippen molar-refractivity contribution in [2.75, 3.05) is 5.32 Å². The van der Waals surface area contributed by atoms with Gasteiger partial charge in [0.2, 0.25) is 4.96 Å². The van der Waals surface area contributed by atoms with Gasteiger partial charge in [-0.15, -0.1) is 5.10 Å². The molecule has 1 N–H and O–H groups in total. The van der Waals surface area contributed by atoms with Gasteiger partial charge >= 0.3 is 0 Å². The van der Waals surface area contributed by atoms with E-state index in [1.54, 1.807) is 26.7 Å². The van der Waals surface area contributed by atoms with Gasteiger partial charge in [-0.3, -0.25) is 10.1 Å². The van der Waals surface area contributed by atoms with Gasteiger partial charge in [0.15, 0.2) is 5.82 Å². The molecule has 4 rings (SSSR count). The summed E-state index contributed by atoms with van der Waals surface area (Å²) >= 11 is 1.54. The van der Waals surface area contributed by atoms with Gasteiger partial charge in [-0.1, -0.05) is 17.4 Å². The molecule has 0 aliphatic rings. The lowest BCUT2D eigenvalue weighted by Crippen LogP contribution is -2.14. The topological polar surface area (TPSA) is 90.0 Å². The van der Waals surface area contributed by atoms with Crippen molar-refractivity contribution in [2.24, 2.45) is 0 Å². The molecule has 4 heterocycles. The van der Waals surface area contributed by atoms with Crippen molar-refractivity contribution in [1.82, 2.24) is 29.4 Å². The predicted molar refractivity (Wildman–Crippen MR) is 94.4 cm³/mol. The number of anilines is 1. The van der Waals surface area contributed by atoms with Crippen LogP contribution in [0.15, 0.2) is 30.6 Å². The van der Waals surface area contributed by atoms with Crippen molar-refractivity contribution in [3.8, 4) is 5.82 Å². The second kappa shape index (κ2) is 5.78. The smallest absolute Gasteiger partial charge is 0.261 e. The molecule has 0 spiro atoms. The van der Waals surface area contributed by atoms with Crippen LogP contribution in [0.5, 0.6) is 0 Å². The zero-order chi connectivity index (χ0) is 17.6. The summed E-state index contributed by atoms with van der Waals surface area (Å²) in [4.78, 5) is 23.1. The van der Waals surface area contributed by atoms with E-state index in [1.807, 2.05) is 39.0 Å². The zero-order valence-electron chi connectivity index (χ0n) is 13.9. The fourth-order valence-corrected chi connectivity index (χ4v) is 3.41. The first kappa shape index (κ1) is 15.5. The van der Waals surface area contributed by atoms with E-state index in [1.165, 1.54) is 6.20 Å². The minimum atomic E-state index is -0.299. The van der Waals surface area contributed by atoms with E-state index in [2.05, 4.69) is 25.5 Å². The van der Waals surface area contributed by atoms with E-state index < -0.39 is 0 Å². The molecule has 4 aromatic heterocycles. The van der Waals surface area contributed by atoms with E-state index in [-0.39, 0.29) is 11.9 Å². The third-order valence-electron chi connectivity index (χ3n) is 4.00. The predicted octanol–water partition coefficient (Wildman–Crippen LogP) is 2.55. The number of nitrogens with one attached hydrogen (secondary N) is 1. The fraction of sp³-hybridized carbons (Fsp3) is 0.188. The Morgan fingerprint density at radius 2 is 2.04 bits per heavy atom. The number of hydrogen-bond donors (Lipinski definition) is 1. The molecule has 9 heteroatoms. The Balaban J connectivity index is 1.61. The first-order chi connectivity index (χ1) is 12.0. The second-order valence-corrected chi connectivity index (χ2v) is 6.75. The first-order valence-electron chi connectivity index (χ1n) is 7.64. The zero-order valence-corrected chi connectivity index (χ0v) is 14.7. The number of pyridine rings is 1. The molecule has 0 fully saturated rings. The van der Waals surface area contributed by atoms with E-state index in [0.29, 0.717) is 17.1 Å². The molecule has 0 aromatic carbocycles. The average Bonchev–Trinajstić information content (AvgIpc) is 3.24. The molecule has 0 saturated carbocycles. The van der Waals surface area contributed by atoms with E-state index in [4.69, 9.17) is 0 Å². The lowest BCUT2D eigenvalue weighted by molar-refractivity contribution is 0.102. The van der Waals surface area contributed by atoms with Crippen LogP contribution in [0.2, 0.25) is 0 Å².